The molecule has 2 heteroatoms. The molecule has 0 saturated heterocycles. The van der Waals surface area contributed by atoms with Crippen LogP contribution in [0.25, 0.3) is 49.9 Å². The molecule has 2 nitrogen and oxygen atoms in total. The average molecular weight is 766 g/mol. The van der Waals surface area contributed by atoms with Gasteiger partial charge in [0, 0.05) is 27.9 Å². The SMILES string of the molecule is Cc1ccccc1-c1ccc(N(C2=C\CC(C)(C)/C3=C(\C/C=C\2)c2oc4ccc(-c5ccccc5)cc4c2C/C=C\C=C/[C@@H]3C)c2ccccc2-c2ccccc2)cc1. The van der Waals surface area contributed by atoms with Crippen molar-refractivity contribution in [3.05, 3.63) is 222 Å². The Kier molecular flexibility index (Phi) is 10.5. The molecule has 2 aliphatic carbocycles. The topological polar surface area (TPSA) is 16.4 Å². The Hall–Kier alpha value is -6.64. The van der Waals surface area contributed by atoms with E-state index in [1.807, 2.05) is 0 Å². The third-order valence-electron chi connectivity index (χ3n) is 12.2. The van der Waals surface area contributed by atoms with Crippen molar-refractivity contribution < 1.29 is 4.42 Å². The molecular formula is C57H51NO. The number of benzene rings is 6. The van der Waals surface area contributed by atoms with Gasteiger partial charge in [-0.2, -0.15) is 0 Å². The lowest BCUT2D eigenvalue weighted by Crippen LogP contribution is -2.22. The fourth-order valence-electron chi connectivity index (χ4n) is 9.27. The van der Waals surface area contributed by atoms with Gasteiger partial charge in [0.1, 0.15) is 11.3 Å². The first-order chi connectivity index (χ1) is 28.9. The van der Waals surface area contributed by atoms with Gasteiger partial charge in [0.2, 0.25) is 0 Å². The molecule has 0 aliphatic heterocycles. The fraction of sp³-hybridized carbons (Fsp3) is 0.158. The summed E-state index contributed by atoms with van der Waals surface area (Å²) in [5, 5.41) is 1.19. The van der Waals surface area contributed by atoms with Crippen LogP contribution in [0.5, 0.6) is 0 Å². The summed E-state index contributed by atoms with van der Waals surface area (Å²) in [5.41, 5.74) is 16.7. The standard InChI is InChI=1S/C57H51NO/c1-40-19-14-15-26-48(40)44-31-34-47(35-32-44)58(53-30-17-16-27-49(53)43-23-11-7-12-24-43)46-25-18-29-51-55(57(3,4)38-37-46)41(2)20-8-5-13-28-50-52-39-45(42-21-9-6-10-22-42)33-36-54(52)59-56(50)51/h5-27,30-37,39,41H,28-29,38H2,1-4H3/b13-5-,20-8-,25-18-,46-37-,55-51+/t41-/m0/s1. The van der Waals surface area contributed by atoms with E-state index in [4.69, 9.17) is 4.42 Å². The van der Waals surface area contributed by atoms with E-state index < -0.39 is 0 Å². The van der Waals surface area contributed by atoms with Gasteiger partial charge in [-0.3, -0.25) is 0 Å². The number of allylic oxidation sites excluding steroid dienone is 9. The number of furan rings is 1. The molecular weight excluding hydrogens is 715 g/mol. The van der Waals surface area contributed by atoms with Crippen molar-refractivity contribution in [2.45, 2.75) is 47.0 Å². The Morgan fingerprint density at radius 3 is 2.05 bits per heavy atom. The molecule has 0 unspecified atom stereocenters. The molecule has 290 valence electrons. The summed E-state index contributed by atoms with van der Waals surface area (Å²) in [7, 11) is 0. The molecule has 2 aliphatic rings. The lowest BCUT2D eigenvalue weighted by molar-refractivity contribution is 0.418. The maximum atomic E-state index is 7.02. The highest BCUT2D eigenvalue weighted by molar-refractivity contribution is 5.92. The van der Waals surface area contributed by atoms with Gasteiger partial charge in [0.15, 0.2) is 0 Å². The minimum absolute atomic E-state index is 0.190. The molecule has 1 atom stereocenters. The number of fused-ring (bicyclic) bond motifs is 4. The molecule has 0 amide bonds. The molecule has 1 aromatic heterocycles. The molecule has 1 heterocycles. The van der Waals surface area contributed by atoms with Crippen molar-refractivity contribution in [2.24, 2.45) is 11.3 Å². The molecule has 0 N–H and O–H groups in total. The molecule has 9 rings (SSSR count). The van der Waals surface area contributed by atoms with Gasteiger partial charge >= 0.3 is 0 Å². The van der Waals surface area contributed by atoms with Gasteiger partial charge < -0.3 is 9.32 Å². The van der Waals surface area contributed by atoms with Crippen molar-refractivity contribution in [2.75, 3.05) is 4.90 Å². The minimum atomic E-state index is -0.190. The molecule has 7 aromatic rings. The maximum absolute atomic E-state index is 7.02. The minimum Gasteiger partial charge on any atom is -0.456 e. The van der Waals surface area contributed by atoms with Crippen LogP contribution < -0.4 is 4.90 Å². The third-order valence-corrected chi connectivity index (χ3v) is 12.2. The van der Waals surface area contributed by atoms with Crippen molar-refractivity contribution in [3.8, 4) is 33.4 Å². The van der Waals surface area contributed by atoms with Gasteiger partial charge in [0.25, 0.3) is 0 Å². The fourth-order valence-corrected chi connectivity index (χ4v) is 9.27. The number of hydrogen-bond acceptors (Lipinski definition) is 2. The summed E-state index contributed by atoms with van der Waals surface area (Å²) in [6, 6.07) is 54.7. The first kappa shape index (κ1) is 37.9. The van der Waals surface area contributed by atoms with Gasteiger partial charge in [-0.25, -0.2) is 0 Å². The Balaban J connectivity index is 1.19. The Morgan fingerprint density at radius 2 is 1.29 bits per heavy atom. The second-order valence-corrected chi connectivity index (χ2v) is 16.6. The van der Waals surface area contributed by atoms with Crippen LogP contribution in [0.4, 0.5) is 11.4 Å². The van der Waals surface area contributed by atoms with E-state index in [9.17, 15) is 0 Å². The Bertz CT molecular complexity index is 2770. The zero-order chi connectivity index (χ0) is 40.3. The van der Waals surface area contributed by atoms with Crippen LogP contribution in [0.2, 0.25) is 0 Å². The van der Waals surface area contributed by atoms with Crippen LogP contribution in [-0.4, -0.2) is 0 Å². The molecule has 0 fully saturated rings. The van der Waals surface area contributed by atoms with Gasteiger partial charge in [-0.1, -0.05) is 184 Å². The van der Waals surface area contributed by atoms with E-state index in [-0.39, 0.29) is 11.3 Å². The number of hydrogen-bond donors (Lipinski definition) is 0. The summed E-state index contributed by atoms with van der Waals surface area (Å²) in [4.78, 5) is 2.46. The summed E-state index contributed by atoms with van der Waals surface area (Å²) < 4.78 is 7.02. The maximum Gasteiger partial charge on any atom is 0.135 e. The first-order valence-electron chi connectivity index (χ1n) is 21.0. The number of anilines is 2. The molecule has 6 aromatic carbocycles. The third kappa shape index (κ3) is 7.59. The van der Waals surface area contributed by atoms with Gasteiger partial charge in [-0.15, -0.1) is 0 Å². The van der Waals surface area contributed by atoms with Crippen LogP contribution in [0.3, 0.4) is 0 Å². The highest BCUT2D eigenvalue weighted by Crippen LogP contribution is 2.48. The lowest BCUT2D eigenvalue weighted by atomic mass is 9.71. The van der Waals surface area contributed by atoms with E-state index >= 15 is 0 Å². The number of nitrogens with zero attached hydrogens (tertiary/aromatic N) is 1. The van der Waals surface area contributed by atoms with Crippen molar-refractivity contribution in [1.82, 2.24) is 0 Å². The molecule has 0 saturated carbocycles. The average Bonchev–Trinajstić information content (AvgIpc) is 3.65. The second-order valence-electron chi connectivity index (χ2n) is 16.6. The summed E-state index contributed by atoms with van der Waals surface area (Å²) >= 11 is 0. The van der Waals surface area contributed by atoms with Crippen LogP contribution in [0, 0.1) is 18.3 Å². The molecule has 0 bridgehead atoms. The second kappa shape index (κ2) is 16.3. The largest absolute Gasteiger partial charge is 0.456 e. The number of aryl methyl sites for hydroxylation is 1. The zero-order valence-electron chi connectivity index (χ0n) is 34.5. The van der Waals surface area contributed by atoms with Crippen LogP contribution in [0.15, 0.2) is 210 Å². The highest BCUT2D eigenvalue weighted by atomic mass is 16.3. The van der Waals surface area contributed by atoms with E-state index in [1.54, 1.807) is 0 Å². The van der Waals surface area contributed by atoms with Gasteiger partial charge in [0.05, 0.1) is 5.69 Å². The van der Waals surface area contributed by atoms with Crippen molar-refractivity contribution in [3.63, 3.8) is 0 Å². The number of para-hydroxylation sites is 1. The predicted molar refractivity (Wildman–Crippen MR) is 251 cm³/mol. The quantitative estimate of drug-likeness (QED) is 0.168. The van der Waals surface area contributed by atoms with Crippen molar-refractivity contribution >= 4 is 27.9 Å². The Labute approximate surface area is 349 Å². The zero-order valence-corrected chi connectivity index (χ0v) is 34.5. The van der Waals surface area contributed by atoms with Crippen LogP contribution in [-0.2, 0) is 6.42 Å². The number of rotatable bonds is 6. The summed E-state index contributed by atoms with van der Waals surface area (Å²) in [5.74, 6) is 1.22. The first-order valence-corrected chi connectivity index (χ1v) is 21.0. The molecule has 59 heavy (non-hydrogen) atoms. The van der Waals surface area contributed by atoms with E-state index in [0.717, 1.165) is 47.7 Å². The summed E-state index contributed by atoms with van der Waals surface area (Å²) in [6.07, 6.45) is 18.6. The van der Waals surface area contributed by atoms with Crippen LogP contribution in [0.1, 0.15) is 50.5 Å². The highest BCUT2D eigenvalue weighted by Gasteiger charge is 2.33. The summed E-state index contributed by atoms with van der Waals surface area (Å²) in [6.45, 7) is 9.38. The van der Waals surface area contributed by atoms with E-state index in [2.05, 4.69) is 227 Å². The monoisotopic (exact) mass is 765 g/mol. The lowest BCUT2D eigenvalue weighted by Gasteiger charge is -2.34. The molecule has 0 radical (unpaired) electrons. The normalized spacial score (nSPS) is 20.1. The predicted octanol–water partition coefficient (Wildman–Crippen LogP) is 15.9. The van der Waals surface area contributed by atoms with Crippen molar-refractivity contribution in [1.29, 1.82) is 0 Å². The smallest absolute Gasteiger partial charge is 0.135 e. The Morgan fingerprint density at radius 1 is 0.627 bits per heavy atom. The van der Waals surface area contributed by atoms with E-state index in [1.165, 1.54) is 61.0 Å². The van der Waals surface area contributed by atoms with E-state index in [0.29, 0.717) is 0 Å². The molecule has 0 spiro atoms. The van der Waals surface area contributed by atoms with Crippen LogP contribution >= 0.6 is 0 Å². The van der Waals surface area contributed by atoms with Gasteiger partial charge in [-0.05, 0) is 113 Å².